The average Bonchev–Trinajstić information content (AvgIpc) is 2.31. The molecule has 1 aromatic heterocycles. The second-order valence-corrected chi connectivity index (χ2v) is 3.92. The lowest BCUT2D eigenvalue weighted by molar-refractivity contribution is -0.137. The Kier molecular flexibility index (Phi) is 3.32. The molecule has 0 amide bonds. The number of nitrogens with zero attached hydrogens (tertiary/aromatic N) is 2. The zero-order chi connectivity index (χ0) is 13.2. The summed E-state index contributed by atoms with van der Waals surface area (Å²) >= 11 is 0. The summed E-state index contributed by atoms with van der Waals surface area (Å²) in [6, 6.07) is 5.24. The molecule has 1 radical (unpaired) electrons. The molecule has 5 heteroatoms. The molecule has 0 aliphatic carbocycles. The first-order chi connectivity index (χ1) is 8.47. The van der Waals surface area contributed by atoms with Crippen molar-refractivity contribution in [2.24, 2.45) is 0 Å². The summed E-state index contributed by atoms with van der Waals surface area (Å²) in [5, 5.41) is 0. The summed E-state index contributed by atoms with van der Waals surface area (Å²) in [6.07, 6.45) is 0.142. The third-order valence-corrected chi connectivity index (χ3v) is 2.58. The number of hydrogen-bond acceptors (Lipinski definition) is 2. The van der Waals surface area contributed by atoms with Crippen molar-refractivity contribution in [2.75, 3.05) is 0 Å². The monoisotopic (exact) mass is 251 g/mol. The largest absolute Gasteiger partial charge is 0.416 e. The van der Waals surface area contributed by atoms with Gasteiger partial charge in [-0.15, -0.1) is 0 Å². The lowest BCUT2D eigenvalue weighted by Crippen LogP contribution is -2.05. The summed E-state index contributed by atoms with van der Waals surface area (Å²) in [5.41, 5.74) is 1.35. The van der Waals surface area contributed by atoms with Crippen LogP contribution in [0.3, 0.4) is 0 Å². The normalized spacial score (nSPS) is 11.6. The Labute approximate surface area is 103 Å². The summed E-state index contributed by atoms with van der Waals surface area (Å²) < 4.78 is 37.7. The SMILES string of the molecule is Cc1ncn[c]c1Cc1cccc(C(F)(F)F)c1. The van der Waals surface area contributed by atoms with E-state index in [0.717, 1.165) is 17.8 Å². The highest BCUT2D eigenvalue weighted by atomic mass is 19.4. The Hall–Kier alpha value is -1.91. The Bertz CT molecular complexity index is 550. The van der Waals surface area contributed by atoms with E-state index in [4.69, 9.17) is 0 Å². The van der Waals surface area contributed by atoms with Crippen LogP contribution in [0.5, 0.6) is 0 Å². The van der Waals surface area contributed by atoms with E-state index in [1.165, 1.54) is 12.4 Å². The first-order valence-corrected chi connectivity index (χ1v) is 5.31. The van der Waals surface area contributed by atoms with Crippen LogP contribution in [0, 0.1) is 13.1 Å². The first kappa shape index (κ1) is 12.5. The number of aromatic nitrogens is 2. The number of benzene rings is 1. The maximum absolute atomic E-state index is 12.6. The minimum atomic E-state index is -4.32. The van der Waals surface area contributed by atoms with Crippen LogP contribution < -0.4 is 0 Å². The van der Waals surface area contributed by atoms with Crippen molar-refractivity contribution < 1.29 is 13.2 Å². The lowest BCUT2D eigenvalue weighted by Gasteiger charge is -2.09. The van der Waals surface area contributed by atoms with Gasteiger partial charge in [-0.05, 0) is 18.6 Å². The van der Waals surface area contributed by atoms with Gasteiger partial charge < -0.3 is 0 Å². The fraction of sp³-hybridized carbons (Fsp3) is 0.231. The number of hydrogen-bond donors (Lipinski definition) is 0. The van der Waals surface area contributed by atoms with E-state index in [9.17, 15) is 13.2 Å². The van der Waals surface area contributed by atoms with Gasteiger partial charge in [-0.3, -0.25) is 0 Å². The molecular weight excluding hydrogens is 241 g/mol. The predicted molar refractivity (Wildman–Crippen MR) is 59.9 cm³/mol. The predicted octanol–water partition coefficient (Wildman–Crippen LogP) is 3.19. The number of rotatable bonds is 2. The molecule has 2 rings (SSSR count). The van der Waals surface area contributed by atoms with Crippen LogP contribution in [-0.4, -0.2) is 9.97 Å². The van der Waals surface area contributed by atoms with Crippen LogP contribution in [0.4, 0.5) is 13.2 Å². The molecule has 2 nitrogen and oxygen atoms in total. The van der Waals surface area contributed by atoms with Gasteiger partial charge in [0.25, 0.3) is 0 Å². The zero-order valence-corrected chi connectivity index (χ0v) is 9.62. The highest BCUT2D eigenvalue weighted by Crippen LogP contribution is 2.29. The van der Waals surface area contributed by atoms with Crippen LogP contribution in [0.1, 0.15) is 22.4 Å². The van der Waals surface area contributed by atoms with Gasteiger partial charge in [-0.1, -0.05) is 18.2 Å². The third-order valence-electron chi connectivity index (χ3n) is 2.58. The topological polar surface area (TPSA) is 25.8 Å². The molecule has 1 heterocycles. The van der Waals surface area contributed by atoms with E-state index in [1.807, 2.05) is 0 Å². The van der Waals surface area contributed by atoms with Gasteiger partial charge in [0.2, 0.25) is 0 Å². The molecule has 2 aromatic rings. The molecule has 0 fully saturated rings. The lowest BCUT2D eigenvalue weighted by atomic mass is 10.0. The van der Waals surface area contributed by atoms with Crippen molar-refractivity contribution >= 4 is 0 Å². The molecule has 0 saturated carbocycles. The molecule has 1 aromatic carbocycles. The molecular formula is C13H10F3N2. The minimum absolute atomic E-state index is 0.344. The number of halogens is 3. The van der Waals surface area contributed by atoms with Crippen LogP contribution in [0.2, 0.25) is 0 Å². The Morgan fingerprint density at radius 3 is 2.72 bits per heavy atom. The molecule has 0 aliphatic rings. The van der Waals surface area contributed by atoms with Crippen molar-refractivity contribution in [3.05, 3.63) is 59.2 Å². The van der Waals surface area contributed by atoms with Gasteiger partial charge in [0.1, 0.15) is 6.33 Å². The van der Waals surface area contributed by atoms with E-state index in [1.54, 1.807) is 13.0 Å². The fourth-order valence-electron chi connectivity index (χ4n) is 1.61. The number of alkyl halides is 3. The highest BCUT2D eigenvalue weighted by Gasteiger charge is 2.30. The average molecular weight is 251 g/mol. The van der Waals surface area contributed by atoms with Gasteiger partial charge in [-0.25, -0.2) is 9.97 Å². The standard InChI is InChI=1S/C13H10F3N2/c1-9-11(7-17-8-18-9)5-10-3-2-4-12(6-10)13(14,15)16/h2-4,6,8H,5H2,1H3. The van der Waals surface area contributed by atoms with Crippen molar-refractivity contribution in [3.63, 3.8) is 0 Å². The smallest absolute Gasteiger partial charge is 0.241 e. The van der Waals surface area contributed by atoms with E-state index in [2.05, 4.69) is 16.2 Å². The summed E-state index contributed by atoms with van der Waals surface area (Å²) in [7, 11) is 0. The molecule has 0 bridgehead atoms. The van der Waals surface area contributed by atoms with Crippen LogP contribution >= 0.6 is 0 Å². The second kappa shape index (κ2) is 4.76. The van der Waals surface area contributed by atoms with E-state index in [-0.39, 0.29) is 0 Å². The van der Waals surface area contributed by atoms with Crippen LogP contribution in [0.15, 0.2) is 30.6 Å². The molecule has 0 atom stereocenters. The molecule has 0 spiro atoms. The van der Waals surface area contributed by atoms with Gasteiger partial charge in [0.05, 0.1) is 11.8 Å². The fourth-order valence-corrected chi connectivity index (χ4v) is 1.61. The molecule has 93 valence electrons. The first-order valence-electron chi connectivity index (χ1n) is 5.31. The zero-order valence-electron chi connectivity index (χ0n) is 9.62. The maximum atomic E-state index is 12.6. The Morgan fingerprint density at radius 1 is 1.28 bits per heavy atom. The van der Waals surface area contributed by atoms with Gasteiger partial charge in [-0.2, -0.15) is 13.2 Å². The number of aryl methyl sites for hydroxylation is 1. The maximum Gasteiger partial charge on any atom is 0.416 e. The van der Waals surface area contributed by atoms with Gasteiger partial charge in [0, 0.05) is 17.7 Å². The van der Waals surface area contributed by atoms with Crippen molar-refractivity contribution in [2.45, 2.75) is 19.5 Å². The Balaban J connectivity index is 2.28. The quantitative estimate of drug-likeness (QED) is 0.819. The van der Waals surface area contributed by atoms with E-state index in [0.29, 0.717) is 17.5 Å². The van der Waals surface area contributed by atoms with Crippen molar-refractivity contribution in [3.8, 4) is 0 Å². The second-order valence-electron chi connectivity index (χ2n) is 3.92. The van der Waals surface area contributed by atoms with Crippen molar-refractivity contribution in [1.29, 1.82) is 0 Å². The molecule has 0 aliphatic heterocycles. The summed E-state index contributed by atoms with van der Waals surface area (Å²) in [4.78, 5) is 7.74. The van der Waals surface area contributed by atoms with E-state index >= 15 is 0 Å². The van der Waals surface area contributed by atoms with Crippen LogP contribution in [-0.2, 0) is 12.6 Å². The summed E-state index contributed by atoms with van der Waals surface area (Å²) in [5.74, 6) is 0. The minimum Gasteiger partial charge on any atom is -0.241 e. The molecule has 18 heavy (non-hydrogen) atoms. The third kappa shape index (κ3) is 2.85. The molecule has 0 N–H and O–H groups in total. The summed E-state index contributed by atoms with van der Waals surface area (Å²) in [6.45, 7) is 1.78. The van der Waals surface area contributed by atoms with Crippen molar-refractivity contribution in [1.82, 2.24) is 9.97 Å². The van der Waals surface area contributed by atoms with E-state index < -0.39 is 11.7 Å². The van der Waals surface area contributed by atoms with Gasteiger partial charge >= 0.3 is 6.18 Å². The molecule has 0 unspecified atom stereocenters. The van der Waals surface area contributed by atoms with Gasteiger partial charge in [0.15, 0.2) is 0 Å². The Morgan fingerprint density at radius 2 is 2.06 bits per heavy atom. The highest BCUT2D eigenvalue weighted by molar-refractivity contribution is 5.30. The van der Waals surface area contributed by atoms with Crippen LogP contribution in [0.25, 0.3) is 0 Å². The molecule has 0 saturated heterocycles.